The molecular weight excluding hydrogens is 399 g/mol. The average molecular weight is 417 g/mol. The van der Waals surface area contributed by atoms with Crippen LogP contribution in [0.5, 0.6) is 5.75 Å². The zero-order valence-corrected chi connectivity index (χ0v) is 15.7. The van der Waals surface area contributed by atoms with E-state index in [2.05, 4.69) is 20.0 Å². The molecule has 1 heterocycles. The number of benzene rings is 2. The van der Waals surface area contributed by atoms with E-state index in [-0.39, 0.29) is 30.2 Å². The predicted molar refractivity (Wildman–Crippen MR) is 101 cm³/mol. The molecule has 0 radical (unpaired) electrons. The van der Waals surface area contributed by atoms with E-state index >= 15 is 0 Å². The van der Waals surface area contributed by atoms with Gasteiger partial charge in [0.25, 0.3) is 0 Å². The summed E-state index contributed by atoms with van der Waals surface area (Å²) in [6.07, 6.45) is -3.83. The molecule has 0 spiro atoms. The molecule has 1 N–H and O–H groups in total. The number of ether oxygens (including phenoxy) is 1. The van der Waals surface area contributed by atoms with Crippen LogP contribution in [0.15, 0.2) is 59.1 Å². The number of rotatable bonds is 7. The standard InChI is InChI=1S/C21H18F3N3O3/c22-21(23,24)20-26-18(27-30-20)14-6-8-15(9-7-14)29-11-10-25-19(28)17-12-16(17)13-4-2-1-3-5-13/h1-9,16-17H,10-12H2,(H,25,28)/t16-,17+/m0/s1. The van der Waals surface area contributed by atoms with Crippen molar-refractivity contribution < 1.29 is 27.2 Å². The molecule has 1 aliphatic rings. The first-order chi connectivity index (χ1) is 14.4. The molecule has 6 nitrogen and oxygen atoms in total. The maximum atomic E-state index is 12.5. The Labute approximate surface area is 170 Å². The van der Waals surface area contributed by atoms with Crippen molar-refractivity contribution in [3.63, 3.8) is 0 Å². The zero-order valence-electron chi connectivity index (χ0n) is 15.7. The minimum Gasteiger partial charge on any atom is -0.492 e. The van der Waals surface area contributed by atoms with Gasteiger partial charge in [-0.3, -0.25) is 4.79 Å². The first-order valence-electron chi connectivity index (χ1n) is 9.38. The zero-order chi connectivity index (χ0) is 21.1. The maximum Gasteiger partial charge on any atom is 0.471 e. The van der Waals surface area contributed by atoms with Crippen molar-refractivity contribution in [3.8, 4) is 17.1 Å². The summed E-state index contributed by atoms with van der Waals surface area (Å²) >= 11 is 0. The number of aromatic nitrogens is 2. The van der Waals surface area contributed by atoms with E-state index in [1.54, 1.807) is 12.1 Å². The summed E-state index contributed by atoms with van der Waals surface area (Å²) in [4.78, 5) is 15.5. The molecular formula is C21H18F3N3O3. The van der Waals surface area contributed by atoms with Gasteiger partial charge in [-0.05, 0) is 42.2 Å². The Kier molecular flexibility index (Phi) is 5.43. The monoisotopic (exact) mass is 417 g/mol. The number of carbonyl (C=O) groups is 1. The number of nitrogens with one attached hydrogen (secondary N) is 1. The molecule has 0 unspecified atom stereocenters. The van der Waals surface area contributed by atoms with Gasteiger partial charge in [-0.2, -0.15) is 18.2 Å². The highest BCUT2D eigenvalue weighted by Crippen LogP contribution is 2.47. The fourth-order valence-corrected chi connectivity index (χ4v) is 3.18. The fraction of sp³-hybridized carbons (Fsp3) is 0.286. The second-order valence-corrected chi connectivity index (χ2v) is 6.94. The smallest absolute Gasteiger partial charge is 0.471 e. The first-order valence-corrected chi connectivity index (χ1v) is 9.38. The van der Waals surface area contributed by atoms with Gasteiger partial charge < -0.3 is 14.6 Å². The van der Waals surface area contributed by atoms with Gasteiger partial charge in [0.15, 0.2) is 0 Å². The number of carbonyl (C=O) groups excluding carboxylic acids is 1. The number of hydrogen-bond donors (Lipinski definition) is 1. The van der Waals surface area contributed by atoms with E-state index < -0.39 is 12.1 Å². The molecule has 2 atom stereocenters. The summed E-state index contributed by atoms with van der Waals surface area (Å²) in [5.41, 5.74) is 1.55. The van der Waals surface area contributed by atoms with E-state index in [0.717, 1.165) is 6.42 Å². The lowest BCUT2D eigenvalue weighted by Crippen LogP contribution is -2.29. The van der Waals surface area contributed by atoms with E-state index in [1.807, 2.05) is 30.3 Å². The Balaban J connectivity index is 1.21. The Morgan fingerprint density at radius 2 is 1.87 bits per heavy atom. The Bertz CT molecular complexity index is 1000. The molecule has 30 heavy (non-hydrogen) atoms. The van der Waals surface area contributed by atoms with Crippen LogP contribution < -0.4 is 10.1 Å². The molecule has 0 aliphatic heterocycles. The lowest BCUT2D eigenvalue weighted by atomic mass is 10.1. The lowest BCUT2D eigenvalue weighted by molar-refractivity contribution is -0.159. The minimum atomic E-state index is -4.68. The van der Waals surface area contributed by atoms with Crippen molar-refractivity contribution in [1.82, 2.24) is 15.5 Å². The molecule has 0 bridgehead atoms. The molecule has 1 amide bonds. The second-order valence-electron chi connectivity index (χ2n) is 6.94. The minimum absolute atomic E-state index is 0.00299. The summed E-state index contributed by atoms with van der Waals surface area (Å²) in [5, 5.41) is 6.20. The van der Waals surface area contributed by atoms with Crippen LogP contribution in [0.2, 0.25) is 0 Å². The number of nitrogens with zero attached hydrogens (tertiary/aromatic N) is 2. The van der Waals surface area contributed by atoms with Crippen LogP contribution >= 0.6 is 0 Å². The van der Waals surface area contributed by atoms with Crippen LogP contribution in [-0.2, 0) is 11.0 Å². The number of amides is 1. The van der Waals surface area contributed by atoms with Crippen molar-refractivity contribution in [2.45, 2.75) is 18.5 Å². The van der Waals surface area contributed by atoms with Gasteiger partial charge in [0.1, 0.15) is 12.4 Å². The number of halogens is 3. The third-order valence-corrected chi connectivity index (χ3v) is 4.81. The molecule has 156 valence electrons. The van der Waals surface area contributed by atoms with Gasteiger partial charge in [-0.25, -0.2) is 0 Å². The summed E-state index contributed by atoms with van der Waals surface area (Å²) in [7, 11) is 0. The van der Waals surface area contributed by atoms with Gasteiger partial charge in [0, 0.05) is 11.5 Å². The van der Waals surface area contributed by atoms with E-state index in [9.17, 15) is 18.0 Å². The molecule has 0 saturated heterocycles. The van der Waals surface area contributed by atoms with Crippen LogP contribution in [0.1, 0.15) is 23.8 Å². The van der Waals surface area contributed by atoms with Gasteiger partial charge in [-0.1, -0.05) is 35.5 Å². The molecule has 4 rings (SSSR count). The van der Waals surface area contributed by atoms with Crippen LogP contribution in [0.25, 0.3) is 11.4 Å². The molecule has 1 aliphatic carbocycles. The lowest BCUT2D eigenvalue weighted by Gasteiger charge is -2.08. The van der Waals surface area contributed by atoms with Gasteiger partial charge in [-0.15, -0.1) is 0 Å². The Morgan fingerprint density at radius 1 is 1.13 bits per heavy atom. The normalized spacial score (nSPS) is 18.1. The Morgan fingerprint density at radius 3 is 2.53 bits per heavy atom. The van der Waals surface area contributed by atoms with Gasteiger partial charge >= 0.3 is 12.1 Å². The van der Waals surface area contributed by atoms with Crippen LogP contribution in [0.3, 0.4) is 0 Å². The van der Waals surface area contributed by atoms with E-state index in [4.69, 9.17) is 4.74 Å². The summed E-state index contributed by atoms with van der Waals surface area (Å²) in [6.45, 7) is 0.632. The predicted octanol–water partition coefficient (Wildman–Crippen LogP) is 4.05. The SMILES string of the molecule is O=C(NCCOc1ccc(-c2noc(C(F)(F)F)n2)cc1)[C@@H]1C[C@H]1c1ccccc1. The van der Waals surface area contributed by atoms with E-state index in [1.165, 1.54) is 17.7 Å². The van der Waals surface area contributed by atoms with Crippen molar-refractivity contribution in [2.24, 2.45) is 5.92 Å². The summed E-state index contributed by atoms with van der Waals surface area (Å²) < 4.78 is 47.4. The van der Waals surface area contributed by atoms with Crippen LogP contribution in [0.4, 0.5) is 13.2 Å². The number of alkyl halides is 3. The van der Waals surface area contributed by atoms with Crippen molar-refractivity contribution >= 4 is 5.91 Å². The molecule has 1 fully saturated rings. The molecule has 9 heteroatoms. The summed E-state index contributed by atoms with van der Waals surface area (Å²) in [6, 6.07) is 16.2. The van der Waals surface area contributed by atoms with Gasteiger partial charge in [0.05, 0.1) is 6.54 Å². The van der Waals surface area contributed by atoms with Crippen molar-refractivity contribution in [1.29, 1.82) is 0 Å². The Hall–Kier alpha value is -3.36. The maximum absolute atomic E-state index is 12.5. The second kappa shape index (κ2) is 8.17. The largest absolute Gasteiger partial charge is 0.492 e. The highest BCUT2D eigenvalue weighted by atomic mass is 19.4. The molecule has 3 aromatic rings. The highest BCUT2D eigenvalue weighted by Gasteiger charge is 2.43. The van der Waals surface area contributed by atoms with Crippen molar-refractivity contribution in [2.75, 3.05) is 13.2 Å². The van der Waals surface area contributed by atoms with Crippen LogP contribution in [-0.4, -0.2) is 29.2 Å². The van der Waals surface area contributed by atoms with Crippen molar-refractivity contribution in [3.05, 3.63) is 66.1 Å². The highest BCUT2D eigenvalue weighted by molar-refractivity contribution is 5.82. The number of hydrogen-bond acceptors (Lipinski definition) is 5. The third kappa shape index (κ3) is 4.61. The quantitative estimate of drug-likeness (QED) is 0.587. The topological polar surface area (TPSA) is 77.2 Å². The van der Waals surface area contributed by atoms with Crippen LogP contribution in [0, 0.1) is 5.92 Å². The third-order valence-electron chi connectivity index (χ3n) is 4.81. The van der Waals surface area contributed by atoms with E-state index in [0.29, 0.717) is 17.9 Å². The summed E-state index contributed by atoms with van der Waals surface area (Å²) in [5.74, 6) is -0.732. The molecule has 2 aromatic carbocycles. The first kappa shape index (κ1) is 19.9. The van der Waals surface area contributed by atoms with Gasteiger partial charge in [0.2, 0.25) is 11.7 Å². The fourth-order valence-electron chi connectivity index (χ4n) is 3.18. The molecule has 1 aromatic heterocycles. The average Bonchev–Trinajstić information content (AvgIpc) is 3.38. The molecule has 1 saturated carbocycles.